The van der Waals surface area contributed by atoms with Gasteiger partial charge in [0, 0.05) is 63.7 Å². The van der Waals surface area contributed by atoms with Crippen LogP contribution in [0.2, 0.25) is 0 Å². The molecule has 3 saturated heterocycles. The highest BCUT2D eigenvalue weighted by Gasteiger charge is 2.45. The second-order valence-electron chi connectivity index (χ2n) is 12.2. The van der Waals surface area contributed by atoms with Crippen LogP contribution in [0.5, 0.6) is 5.75 Å². The van der Waals surface area contributed by atoms with E-state index in [0.29, 0.717) is 50.2 Å². The van der Waals surface area contributed by atoms with E-state index in [9.17, 15) is 14.4 Å². The molecule has 2 aromatic rings. The van der Waals surface area contributed by atoms with Gasteiger partial charge in [-0.3, -0.25) is 19.3 Å². The minimum Gasteiger partial charge on any atom is -0.497 e. The Hall–Kier alpha value is -3.59. The number of piperazine rings is 1. The number of imide groups is 1. The van der Waals surface area contributed by atoms with Gasteiger partial charge in [0.05, 0.1) is 35.4 Å². The zero-order chi connectivity index (χ0) is 28.7. The van der Waals surface area contributed by atoms with Crippen molar-refractivity contribution in [2.45, 2.75) is 51.2 Å². The number of amides is 3. The van der Waals surface area contributed by atoms with Gasteiger partial charge in [-0.25, -0.2) is 0 Å². The number of carbonyl (C=O) groups excluding carboxylic acids is 3. The predicted molar refractivity (Wildman–Crippen MR) is 157 cm³/mol. The van der Waals surface area contributed by atoms with Crippen LogP contribution in [-0.4, -0.2) is 92.1 Å². The molecule has 4 heterocycles. The van der Waals surface area contributed by atoms with Gasteiger partial charge in [-0.1, -0.05) is 12.1 Å². The van der Waals surface area contributed by atoms with Crippen molar-refractivity contribution in [3.8, 4) is 5.75 Å². The molecule has 9 nitrogen and oxygen atoms in total. The molecule has 41 heavy (non-hydrogen) atoms. The largest absolute Gasteiger partial charge is 0.497 e. The first-order valence-corrected chi connectivity index (χ1v) is 14.8. The predicted octanol–water partition coefficient (Wildman–Crippen LogP) is 3.81. The van der Waals surface area contributed by atoms with E-state index < -0.39 is 0 Å². The Morgan fingerprint density at radius 1 is 0.951 bits per heavy atom. The Labute approximate surface area is 242 Å². The Bertz CT molecular complexity index is 1340. The number of anilines is 2. The monoisotopic (exact) mass is 560 g/mol. The Balaban J connectivity index is 1.14. The van der Waals surface area contributed by atoms with Gasteiger partial charge >= 0.3 is 0 Å². The molecule has 0 aromatic heterocycles. The zero-order valence-electron chi connectivity index (χ0n) is 24.3. The SMILES string of the molecule is COc1cccc(N2CCN(C(=O)[C@H]3CCCN(c4cccc5c4C(=O)N([C@@H]4CCOC(C)(C)C4)C5=O)C3)CC2)c1. The van der Waals surface area contributed by atoms with Gasteiger partial charge in [0.15, 0.2) is 0 Å². The molecule has 2 atom stereocenters. The molecule has 0 unspecified atom stereocenters. The lowest BCUT2D eigenvalue weighted by Crippen LogP contribution is -2.52. The summed E-state index contributed by atoms with van der Waals surface area (Å²) in [6.07, 6.45) is 2.97. The summed E-state index contributed by atoms with van der Waals surface area (Å²) in [5.41, 5.74) is 2.47. The topological polar surface area (TPSA) is 82.6 Å². The van der Waals surface area contributed by atoms with Crippen LogP contribution >= 0.6 is 0 Å². The van der Waals surface area contributed by atoms with Gasteiger partial charge < -0.3 is 24.2 Å². The van der Waals surface area contributed by atoms with E-state index >= 15 is 0 Å². The second kappa shape index (κ2) is 11.0. The van der Waals surface area contributed by atoms with Crippen LogP contribution in [0.4, 0.5) is 11.4 Å². The molecule has 4 aliphatic rings. The first-order chi connectivity index (χ1) is 19.8. The fourth-order valence-electron chi connectivity index (χ4n) is 6.95. The lowest BCUT2D eigenvalue weighted by Gasteiger charge is -2.40. The van der Waals surface area contributed by atoms with E-state index in [4.69, 9.17) is 9.47 Å². The molecule has 3 fully saturated rings. The van der Waals surface area contributed by atoms with Crippen LogP contribution < -0.4 is 14.5 Å². The van der Waals surface area contributed by atoms with E-state index in [1.165, 1.54) is 4.90 Å². The number of piperidine rings is 1. The standard InChI is InChI=1S/C32H40N4O5/c1-32(2)20-24(12-18-41-32)36-30(38)26-10-5-11-27(28(26)31(36)39)35-13-6-7-22(21-35)29(37)34-16-14-33(15-17-34)23-8-4-9-25(19-23)40-3/h4-5,8-11,19,22,24H,6-7,12-18,20-21H2,1-3H3/t22-,24+/m0/s1. The van der Waals surface area contributed by atoms with E-state index in [1.54, 1.807) is 13.2 Å². The number of benzene rings is 2. The first kappa shape index (κ1) is 27.6. The Kier molecular flexibility index (Phi) is 7.40. The van der Waals surface area contributed by atoms with Gasteiger partial charge in [-0.2, -0.15) is 0 Å². The summed E-state index contributed by atoms with van der Waals surface area (Å²) in [5, 5.41) is 0. The number of hydrogen-bond acceptors (Lipinski definition) is 7. The summed E-state index contributed by atoms with van der Waals surface area (Å²) in [7, 11) is 1.67. The van der Waals surface area contributed by atoms with Crippen LogP contribution in [0.25, 0.3) is 0 Å². The second-order valence-corrected chi connectivity index (χ2v) is 12.2. The highest BCUT2D eigenvalue weighted by atomic mass is 16.5. The lowest BCUT2D eigenvalue weighted by atomic mass is 9.93. The first-order valence-electron chi connectivity index (χ1n) is 14.8. The molecule has 218 valence electrons. The van der Waals surface area contributed by atoms with E-state index in [-0.39, 0.29) is 35.3 Å². The lowest BCUT2D eigenvalue weighted by molar-refractivity contribution is -0.136. The molecule has 0 spiro atoms. The van der Waals surface area contributed by atoms with Gasteiger partial charge in [0.1, 0.15) is 5.75 Å². The minimum atomic E-state index is -0.374. The van der Waals surface area contributed by atoms with Gasteiger partial charge in [0.2, 0.25) is 5.91 Å². The fraction of sp³-hybridized carbons (Fsp3) is 0.531. The maximum atomic E-state index is 13.8. The number of fused-ring (bicyclic) bond motifs is 1. The molecule has 9 heteroatoms. The molecule has 0 saturated carbocycles. The van der Waals surface area contributed by atoms with Crippen molar-refractivity contribution in [3.63, 3.8) is 0 Å². The molecule has 0 bridgehead atoms. The van der Waals surface area contributed by atoms with Crippen LogP contribution in [-0.2, 0) is 9.53 Å². The minimum absolute atomic E-state index is 0.137. The number of nitrogens with zero attached hydrogens (tertiary/aromatic N) is 4. The number of hydrogen-bond donors (Lipinski definition) is 0. The van der Waals surface area contributed by atoms with Gasteiger partial charge in [-0.05, 0) is 63.8 Å². The molecule has 2 aromatic carbocycles. The zero-order valence-corrected chi connectivity index (χ0v) is 24.3. The van der Waals surface area contributed by atoms with Crippen molar-refractivity contribution in [3.05, 3.63) is 53.6 Å². The summed E-state index contributed by atoms with van der Waals surface area (Å²) in [4.78, 5) is 48.8. The highest BCUT2D eigenvalue weighted by Crippen LogP contribution is 2.38. The molecular weight excluding hydrogens is 520 g/mol. The van der Waals surface area contributed by atoms with Gasteiger partial charge in [-0.15, -0.1) is 0 Å². The molecule has 0 N–H and O–H groups in total. The van der Waals surface area contributed by atoms with Crippen molar-refractivity contribution >= 4 is 29.1 Å². The Morgan fingerprint density at radius 3 is 2.49 bits per heavy atom. The van der Waals surface area contributed by atoms with Crippen molar-refractivity contribution in [2.24, 2.45) is 5.92 Å². The van der Waals surface area contributed by atoms with Crippen LogP contribution in [0.3, 0.4) is 0 Å². The quantitative estimate of drug-likeness (QED) is 0.515. The smallest absolute Gasteiger partial charge is 0.263 e. The van der Waals surface area contributed by atoms with Crippen molar-refractivity contribution in [1.29, 1.82) is 0 Å². The third kappa shape index (κ3) is 5.27. The normalized spacial score (nSPS) is 24.5. The van der Waals surface area contributed by atoms with Crippen molar-refractivity contribution in [2.75, 3.05) is 62.8 Å². The Morgan fingerprint density at radius 2 is 1.73 bits per heavy atom. The number of rotatable bonds is 5. The number of ether oxygens (including phenoxy) is 2. The maximum absolute atomic E-state index is 13.8. The molecule has 3 amide bonds. The third-order valence-corrected chi connectivity index (χ3v) is 9.08. The third-order valence-electron chi connectivity index (χ3n) is 9.08. The summed E-state index contributed by atoms with van der Waals surface area (Å²) in [6, 6.07) is 13.4. The maximum Gasteiger partial charge on any atom is 0.263 e. The van der Waals surface area contributed by atoms with Crippen LogP contribution in [0.15, 0.2) is 42.5 Å². The van der Waals surface area contributed by atoms with Crippen molar-refractivity contribution < 1.29 is 23.9 Å². The average molecular weight is 561 g/mol. The highest BCUT2D eigenvalue weighted by molar-refractivity contribution is 6.24. The summed E-state index contributed by atoms with van der Waals surface area (Å²) in [6.45, 7) is 8.76. The summed E-state index contributed by atoms with van der Waals surface area (Å²) in [5.74, 6) is 0.442. The molecule has 0 aliphatic carbocycles. The molecule has 4 aliphatic heterocycles. The van der Waals surface area contributed by atoms with Crippen molar-refractivity contribution in [1.82, 2.24) is 9.80 Å². The summed E-state index contributed by atoms with van der Waals surface area (Å²) < 4.78 is 11.2. The molecule has 6 rings (SSSR count). The van der Waals surface area contributed by atoms with Crippen LogP contribution in [0, 0.1) is 5.92 Å². The summed E-state index contributed by atoms with van der Waals surface area (Å²) >= 11 is 0. The van der Waals surface area contributed by atoms with Crippen LogP contribution in [0.1, 0.15) is 60.2 Å². The number of carbonyl (C=O) groups is 3. The number of methoxy groups -OCH3 is 1. The van der Waals surface area contributed by atoms with E-state index in [0.717, 1.165) is 49.6 Å². The average Bonchev–Trinajstić information content (AvgIpc) is 3.25. The van der Waals surface area contributed by atoms with E-state index in [1.807, 2.05) is 49.1 Å². The van der Waals surface area contributed by atoms with E-state index in [2.05, 4.69) is 15.9 Å². The fourth-order valence-corrected chi connectivity index (χ4v) is 6.95. The van der Waals surface area contributed by atoms with Gasteiger partial charge in [0.25, 0.3) is 11.8 Å². The molecule has 0 radical (unpaired) electrons. The molecular formula is C32H40N4O5.